The van der Waals surface area contributed by atoms with E-state index in [0.29, 0.717) is 12.5 Å². The molecule has 1 rings (SSSR count). The third kappa shape index (κ3) is 7.67. The first kappa shape index (κ1) is 18.2. The van der Waals surface area contributed by atoms with Gasteiger partial charge in [-0.25, -0.2) is 4.79 Å². The molecule has 5 nitrogen and oxygen atoms in total. The van der Waals surface area contributed by atoms with Gasteiger partial charge in [0.25, 0.3) is 0 Å². The highest BCUT2D eigenvalue weighted by Crippen LogP contribution is 2.20. The summed E-state index contributed by atoms with van der Waals surface area (Å²) in [7, 11) is 2.04. The number of aliphatic hydroxyl groups is 1. The first-order chi connectivity index (χ1) is 9.46. The van der Waals surface area contributed by atoms with Crippen molar-refractivity contribution in [2.45, 2.75) is 58.7 Å². The van der Waals surface area contributed by atoms with Crippen LogP contribution < -0.4 is 0 Å². The lowest BCUT2D eigenvalue weighted by Gasteiger charge is -2.35. The third-order valence-electron chi connectivity index (χ3n) is 3.49. The number of hydrogen-bond acceptors (Lipinski definition) is 4. The SMILES string of the molecule is CN(CC1CCN(C(=O)OC(C)(C)C)CC1)CC(C)(C)O. The van der Waals surface area contributed by atoms with Crippen molar-refractivity contribution in [2.24, 2.45) is 5.92 Å². The number of nitrogens with zero attached hydrogens (tertiary/aromatic N) is 2. The summed E-state index contributed by atoms with van der Waals surface area (Å²) in [6.45, 7) is 12.5. The largest absolute Gasteiger partial charge is 0.444 e. The molecule has 124 valence electrons. The fraction of sp³-hybridized carbons (Fsp3) is 0.938. The smallest absolute Gasteiger partial charge is 0.410 e. The molecular weight excluding hydrogens is 268 g/mol. The van der Waals surface area contributed by atoms with Crippen LogP contribution in [0.5, 0.6) is 0 Å². The van der Waals surface area contributed by atoms with Gasteiger partial charge < -0.3 is 19.6 Å². The highest BCUT2D eigenvalue weighted by Gasteiger charge is 2.27. The number of carbonyl (C=O) groups excluding carboxylic acids is 1. The number of amides is 1. The molecule has 5 heteroatoms. The summed E-state index contributed by atoms with van der Waals surface area (Å²) in [4.78, 5) is 16.0. The van der Waals surface area contributed by atoms with E-state index >= 15 is 0 Å². The summed E-state index contributed by atoms with van der Waals surface area (Å²) in [5, 5.41) is 9.83. The Morgan fingerprint density at radius 1 is 1.24 bits per heavy atom. The van der Waals surface area contributed by atoms with Gasteiger partial charge in [-0.05, 0) is 60.4 Å². The summed E-state index contributed by atoms with van der Waals surface area (Å²) in [5.41, 5.74) is -1.09. The number of rotatable bonds is 4. The Morgan fingerprint density at radius 3 is 2.19 bits per heavy atom. The van der Waals surface area contributed by atoms with E-state index in [0.717, 1.165) is 32.5 Å². The summed E-state index contributed by atoms with van der Waals surface area (Å²) in [5.74, 6) is 0.580. The highest BCUT2D eigenvalue weighted by atomic mass is 16.6. The Kier molecular flexibility index (Phi) is 6.05. The molecule has 1 aliphatic heterocycles. The van der Waals surface area contributed by atoms with Crippen LogP contribution in [0.3, 0.4) is 0 Å². The van der Waals surface area contributed by atoms with Crippen molar-refractivity contribution >= 4 is 6.09 Å². The second kappa shape index (κ2) is 6.97. The normalized spacial score (nSPS) is 18.2. The molecule has 0 radical (unpaired) electrons. The van der Waals surface area contributed by atoms with Crippen molar-refractivity contribution in [2.75, 3.05) is 33.2 Å². The zero-order chi connectivity index (χ0) is 16.3. The van der Waals surface area contributed by atoms with Crippen molar-refractivity contribution < 1.29 is 14.6 Å². The van der Waals surface area contributed by atoms with Crippen LogP contribution in [0.25, 0.3) is 0 Å². The molecule has 1 saturated heterocycles. The Hall–Kier alpha value is -0.810. The molecule has 0 aliphatic carbocycles. The number of likely N-dealkylation sites (N-methyl/N-ethyl adjacent to an activating group) is 1. The predicted octanol–water partition coefficient (Wildman–Crippen LogP) is 2.34. The van der Waals surface area contributed by atoms with Gasteiger partial charge in [0.15, 0.2) is 0 Å². The van der Waals surface area contributed by atoms with Gasteiger partial charge in [0.2, 0.25) is 0 Å². The van der Waals surface area contributed by atoms with Crippen LogP contribution in [0, 0.1) is 5.92 Å². The molecule has 1 heterocycles. The molecule has 21 heavy (non-hydrogen) atoms. The van der Waals surface area contributed by atoms with E-state index in [4.69, 9.17) is 4.74 Å². The maximum atomic E-state index is 12.0. The highest BCUT2D eigenvalue weighted by molar-refractivity contribution is 5.68. The Bertz CT molecular complexity index is 336. The van der Waals surface area contributed by atoms with Crippen LogP contribution in [0.1, 0.15) is 47.5 Å². The molecule has 0 aromatic heterocycles. The summed E-state index contributed by atoms with van der Waals surface area (Å²) in [6, 6.07) is 0. The van der Waals surface area contributed by atoms with Gasteiger partial charge in [-0.15, -0.1) is 0 Å². The fourth-order valence-electron chi connectivity index (χ4n) is 2.79. The molecule has 0 bridgehead atoms. The number of piperidine rings is 1. The fourth-order valence-corrected chi connectivity index (χ4v) is 2.79. The van der Waals surface area contributed by atoms with Crippen LogP contribution >= 0.6 is 0 Å². The van der Waals surface area contributed by atoms with E-state index < -0.39 is 11.2 Å². The van der Waals surface area contributed by atoms with E-state index in [1.165, 1.54) is 0 Å². The van der Waals surface area contributed by atoms with Crippen LogP contribution in [0.15, 0.2) is 0 Å². The molecular formula is C16H32N2O3. The number of carbonyl (C=O) groups is 1. The van der Waals surface area contributed by atoms with E-state index in [1.807, 2.05) is 41.7 Å². The first-order valence-corrected chi connectivity index (χ1v) is 7.85. The summed E-state index contributed by atoms with van der Waals surface area (Å²) >= 11 is 0. The van der Waals surface area contributed by atoms with Crippen LogP contribution in [-0.4, -0.2) is 65.4 Å². The van der Waals surface area contributed by atoms with Crippen LogP contribution in [0.4, 0.5) is 4.79 Å². The number of hydrogen-bond donors (Lipinski definition) is 1. The van der Waals surface area contributed by atoms with Crippen molar-refractivity contribution in [3.05, 3.63) is 0 Å². The molecule has 0 aromatic rings. The minimum atomic E-state index is -0.661. The van der Waals surface area contributed by atoms with Crippen LogP contribution in [-0.2, 0) is 4.74 Å². The lowest BCUT2D eigenvalue weighted by molar-refractivity contribution is 0.0142. The van der Waals surface area contributed by atoms with Crippen molar-refractivity contribution in [1.29, 1.82) is 0 Å². The summed E-state index contributed by atoms with van der Waals surface area (Å²) < 4.78 is 5.40. The minimum Gasteiger partial charge on any atom is -0.444 e. The Labute approximate surface area is 129 Å². The zero-order valence-electron chi connectivity index (χ0n) is 14.5. The average Bonchev–Trinajstić information content (AvgIpc) is 2.24. The topological polar surface area (TPSA) is 53.0 Å². The zero-order valence-corrected chi connectivity index (χ0v) is 14.5. The molecule has 0 saturated carbocycles. The van der Waals surface area contributed by atoms with Gasteiger partial charge in [-0.3, -0.25) is 0 Å². The van der Waals surface area contributed by atoms with E-state index in [9.17, 15) is 9.90 Å². The van der Waals surface area contributed by atoms with Gasteiger partial charge in [-0.1, -0.05) is 0 Å². The van der Waals surface area contributed by atoms with Gasteiger partial charge in [0.05, 0.1) is 5.60 Å². The monoisotopic (exact) mass is 300 g/mol. The quantitative estimate of drug-likeness (QED) is 0.866. The van der Waals surface area contributed by atoms with Gasteiger partial charge >= 0.3 is 6.09 Å². The molecule has 1 aliphatic rings. The molecule has 0 aromatic carbocycles. The van der Waals surface area contributed by atoms with Gasteiger partial charge in [0.1, 0.15) is 5.60 Å². The molecule has 0 unspecified atom stereocenters. The van der Waals surface area contributed by atoms with E-state index in [2.05, 4.69) is 4.90 Å². The van der Waals surface area contributed by atoms with Gasteiger partial charge in [0, 0.05) is 26.2 Å². The lowest BCUT2D eigenvalue weighted by atomic mass is 9.96. The second-order valence-electron chi connectivity index (χ2n) is 7.92. The van der Waals surface area contributed by atoms with Crippen LogP contribution in [0.2, 0.25) is 0 Å². The molecule has 0 atom stereocenters. The number of ether oxygens (including phenoxy) is 1. The summed E-state index contributed by atoms with van der Waals surface area (Å²) in [6.07, 6.45) is 1.79. The van der Waals surface area contributed by atoms with E-state index in [-0.39, 0.29) is 6.09 Å². The first-order valence-electron chi connectivity index (χ1n) is 7.85. The van der Waals surface area contributed by atoms with Crippen molar-refractivity contribution in [3.63, 3.8) is 0 Å². The number of likely N-dealkylation sites (tertiary alicyclic amines) is 1. The molecule has 1 fully saturated rings. The maximum Gasteiger partial charge on any atom is 0.410 e. The lowest BCUT2D eigenvalue weighted by Crippen LogP contribution is -2.44. The Morgan fingerprint density at radius 2 is 1.76 bits per heavy atom. The average molecular weight is 300 g/mol. The van der Waals surface area contributed by atoms with Gasteiger partial charge in [-0.2, -0.15) is 0 Å². The van der Waals surface area contributed by atoms with E-state index in [1.54, 1.807) is 4.90 Å². The molecule has 1 N–H and O–H groups in total. The maximum absolute atomic E-state index is 12.0. The predicted molar refractivity (Wildman–Crippen MR) is 84.3 cm³/mol. The molecule has 0 spiro atoms. The second-order valence-corrected chi connectivity index (χ2v) is 7.92. The van der Waals surface area contributed by atoms with Crippen molar-refractivity contribution in [1.82, 2.24) is 9.80 Å². The standard InChI is InChI=1S/C16H32N2O3/c1-15(2,3)21-14(19)18-9-7-13(8-10-18)11-17(6)12-16(4,5)20/h13,20H,7-12H2,1-6H3. The van der Waals surface area contributed by atoms with Crippen molar-refractivity contribution in [3.8, 4) is 0 Å². The Balaban J connectivity index is 2.34. The third-order valence-corrected chi connectivity index (χ3v) is 3.49. The molecule has 1 amide bonds. The minimum absolute atomic E-state index is 0.203.